The Labute approximate surface area is 109 Å². The maximum absolute atomic E-state index is 12.1. The highest BCUT2D eigenvalue weighted by molar-refractivity contribution is 5.80. The van der Waals surface area contributed by atoms with Gasteiger partial charge < -0.3 is 15.6 Å². The number of carbonyl (C=O) groups excluding carboxylic acids is 1. The van der Waals surface area contributed by atoms with Crippen molar-refractivity contribution in [3.63, 3.8) is 0 Å². The van der Waals surface area contributed by atoms with Crippen LogP contribution in [0.1, 0.15) is 57.0 Å². The number of carbonyl (C=O) groups is 1. The largest absolute Gasteiger partial charge is 0.352 e. The molecule has 0 saturated heterocycles. The fourth-order valence-electron chi connectivity index (χ4n) is 2.65. The van der Waals surface area contributed by atoms with Crippen LogP contribution >= 0.6 is 0 Å². The molecule has 100 valence electrons. The first-order chi connectivity index (χ1) is 8.50. The van der Waals surface area contributed by atoms with Gasteiger partial charge in [0, 0.05) is 24.0 Å². The number of hydrogen-bond acceptors (Lipinski definition) is 2. The van der Waals surface area contributed by atoms with Gasteiger partial charge in [-0.25, -0.2) is 0 Å². The molecule has 0 fully saturated rings. The van der Waals surface area contributed by atoms with Crippen molar-refractivity contribution in [1.82, 2.24) is 9.88 Å². The lowest BCUT2D eigenvalue weighted by Gasteiger charge is -2.24. The number of nitrogens with two attached hydrogens (primary N) is 1. The Kier molecular flexibility index (Phi) is 3.76. The molecule has 4 heteroatoms. The monoisotopic (exact) mass is 249 g/mol. The summed E-state index contributed by atoms with van der Waals surface area (Å²) >= 11 is 0. The van der Waals surface area contributed by atoms with Gasteiger partial charge in [-0.1, -0.05) is 0 Å². The summed E-state index contributed by atoms with van der Waals surface area (Å²) in [6, 6.07) is 2.21. The van der Waals surface area contributed by atoms with Crippen LogP contribution in [0.15, 0.2) is 12.3 Å². The molecule has 2 atom stereocenters. The van der Waals surface area contributed by atoms with Crippen LogP contribution in [0.25, 0.3) is 0 Å². The number of nitrogens with zero attached hydrogens (tertiary/aromatic N) is 1. The number of amides is 1. The van der Waals surface area contributed by atoms with E-state index in [-0.39, 0.29) is 24.0 Å². The van der Waals surface area contributed by atoms with Crippen molar-refractivity contribution in [3.8, 4) is 0 Å². The first-order valence-corrected chi connectivity index (χ1v) is 6.76. The zero-order valence-electron chi connectivity index (χ0n) is 11.4. The Balaban J connectivity index is 2.21. The molecule has 4 nitrogen and oxygen atoms in total. The molecule has 0 aliphatic heterocycles. The second-order valence-corrected chi connectivity index (χ2v) is 5.46. The fourth-order valence-corrected chi connectivity index (χ4v) is 2.65. The van der Waals surface area contributed by atoms with Crippen LogP contribution in [-0.2, 0) is 11.2 Å². The predicted octanol–water partition coefficient (Wildman–Crippen LogP) is 1.91. The first kappa shape index (κ1) is 13.1. The summed E-state index contributed by atoms with van der Waals surface area (Å²) in [5.74, 6) is 0.0718. The van der Waals surface area contributed by atoms with E-state index in [0.29, 0.717) is 0 Å². The van der Waals surface area contributed by atoms with E-state index in [0.717, 1.165) is 19.3 Å². The number of fused-ring (bicyclic) bond motifs is 1. The molecule has 0 radical (unpaired) electrons. The summed E-state index contributed by atoms with van der Waals surface area (Å²) in [5, 5.41) is 2.96. The van der Waals surface area contributed by atoms with Gasteiger partial charge in [0.15, 0.2) is 0 Å². The molecule has 1 amide bonds. The van der Waals surface area contributed by atoms with Crippen LogP contribution in [0.4, 0.5) is 0 Å². The lowest BCUT2D eigenvalue weighted by molar-refractivity contribution is -0.124. The smallest absolute Gasteiger partial charge is 0.242 e. The normalized spacial score (nSPS) is 20.6. The van der Waals surface area contributed by atoms with E-state index in [1.807, 2.05) is 27.0 Å². The molecule has 0 saturated carbocycles. The second kappa shape index (κ2) is 5.14. The van der Waals surface area contributed by atoms with Gasteiger partial charge in [0.25, 0.3) is 0 Å². The lowest BCUT2D eigenvalue weighted by atomic mass is 9.93. The summed E-state index contributed by atoms with van der Waals surface area (Å²) in [4.78, 5) is 12.1. The SMILES string of the molecule is CC(C)NC(=O)C(C)n1ccc2c1CCCC2N. The molecule has 2 rings (SSSR count). The Bertz CT molecular complexity index is 436. The Morgan fingerprint density at radius 1 is 1.50 bits per heavy atom. The number of hydrogen-bond donors (Lipinski definition) is 2. The summed E-state index contributed by atoms with van der Waals surface area (Å²) in [7, 11) is 0. The summed E-state index contributed by atoms with van der Waals surface area (Å²) in [5.41, 5.74) is 8.55. The first-order valence-electron chi connectivity index (χ1n) is 6.76. The minimum Gasteiger partial charge on any atom is -0.352 e. The highest BCUT2D eigenvalue weighted by Gasteiger charge is 2.24. The maximum Gasteiger partial charge on any atom is 0.242 e. The second-order valence-electron chi connectivity index (χ2n) is 5.46. The van der Waals surface area contributed by atoms with Gasteiger partial charge in [-0.05, 0) is 51.7 Å². The minimum absolute atomic E-state index is 0.0718. The average molecular weight is 249 g/mol. The maximum atomic E-state index is 12.1. The van der Waals surface area contributed by atoms with Crippen LogP contribution in [0, 0.1) is 0 Å². The van der Waals surface area contributed by atoms with Gasteiger partial charge >= 0.3 is 0 Å². The molecule has 1 aromatic heterocycles. The van der Waals surface area contributed by atoms with Crippen molar-refractivity contribution >= 4 is 5.91 Å². The zero-order valence-corrected chi connectivity index (χ0v) is 11.4. The topological polar surface area (TPSA) is 60.0 Å². The molecular weight excluding hydrogens is 226 g/mol. The standard InChI is InChI=1S/C14H23N3O/c1-9(2)16-14(18)10(3)17-8-7-11-12(15)5-4-6-13(11)17/h7-10,12H,4-6,15H2,1-3H3,(H,16,18). The van der Waals surface area contributed by atoms with Crippen LogP contribution in [-0.4, -0.2) is 16.5 Å². The van der Waals surface area contributed by atoms with E-state index in [2.05, 4.69) is 16.0 Å². The Morgan fingerprint density at radius 2 is 2.22 bits per heavy atom. The Morgan fingerprint density at radius 3 is 2.89 bits per heavy atom. The van der Waals surface area contributed by atoms with Gasteiger partial charge in [-0.2, -0.15) is 0 Å². The van der Waals surface area contributed by atoms with E-state index in [1.54, 1.807) is 0 Å². The van der Waals surface area contributed by atoms with E-state index in [1.165, 1.54) is 11.3 Å². The molecular formula is C14H23N3O. The molecule has 0 spiro atoms. The van der Waals surface area contributed by atoms with E-state index in [9.17, 15) is 4.79 Å². The summed E-state index contributed by atoms with van der Waals surface area (Å²) < 4.78 is 2.08. The predicted molar refractivity (Wildman–Crippen MR) is 72.3 cm³/mol. The van der Waals surface area contributed by atoms with Gasteiger partial charge in [0.2, 0.25) is 5.91 Å². The van der Waals surface area contributed by atoms with Crippen LogP contribution < -0.4 is 11.1 Å². The molecule has 1 aromatic rings. The number of nitrogens with one attached hydrogen (secondary N) is 1. The average Bonchev–Trinajstić information content (AvgIpc) is 2.72. The molecule has 0 bridgehead atoms. The molecule has 2 unspecified atom stereocenters. The third-order valence-corrected chi connectivity index (χ3v) is 3.62. The van der Waals surface area contributed by atoms with Gasteiger partial charge in [-0.3, -0.25) is 4.79 Å². The zero-order chi connectivity index (χ0) is 13.3. The number of aromatic nitrogens is 1. The van der Waals surface area contributed by atoms with Crippen molar-refractivity contribution in [2.45, 2.75) is 58.2 Å². The summed E-state index contributed by atoms with van der Waals surface area (Å²) in [6.45, 7) is 5.90. The van der Waals surface area contributed by atoms with E-state index in [4.69, 9.17) is 5.73 Å². The third-order valence-electron chi connectivity index (χ3n) is 3.62. The van der Waals surface area contributed by atoms with Crippen LogP contribution in [0.2, 0.25) is 0 Å². The molecule has 3 N–H and O–H groups in total. The molecule has 1 aliphatic carbocycles. The van der Waals surface area contributed by atoms with E-state index >= 15 is 0 Å². The molecule has 1 heterocycles. The van der Waals surface area contributed by atoms with Crippen LogP contribution in [0.5, 0.6) is 0 Å². The number of rotatable bonds is 3. The van der Waals surface area contributed by atoms with Crippen molar-refractivity contribution < 1.29 is 4.79 Å². The third kappa shape index (κ3) is 2.43. The molecule has 0 aromatic carbocycles. The van der Waals surface area contributed by atoms with Gasteiger partial charge in [-0.15, -0.1) is 0 Å². The van der Waals surface area contributed by atoms with Crippen molar-refractivity contribution in [2.24, 2.45) is 5.73 Å². The van der Waals surface area contributed by atoms with Crippen molar-refractivity contribution in [3.05, 3.63) is 23.5 Å². The van der Waals surface area contributed by atoms with E-state index < -0.39 is 0 Å². The molecule has 18 heavy (non-hydrogen) atoms. The van der Waals surface area contributed by atoms with Crippen LogP contribution in [0.3, 0.4) is 0 Å². The van der Waals surface area contributed by atoms with Crippen molar-refractivity contribution in [1.29, 1.82) is 0 Å². The molecule has 1 aliphatic rings. The fraction of sp³-hybridized carbons (Fsp3) is 0.643. The highest BCUT2D eigenvalue weighted by atomic mass is 16.2. The minimum atomic E-state index is -0.165. The lowest BCUT2D eigenvalue weighted by Crippen LogP contribution is -2.36. The summed E-state index contributed by atoms with van der Waals surface area (Å²) in [6.07, 6.45) is 5.18. The quantitative estimate of drug-likeness (QED) is 0.859. The highest BCUT2D eigenvalue weighted by Crippen LogP contribution is 2.30. The Hall–Kier alpha value is -1.29. The van der Waals surface area contributed by atoms with Gasteiger partial charge in [0.1, 0.15) is 6.04 Å². The van der Waals surface area contributed by atoms with Crippen molar-refractivity contribution in [2.75, 3.05) is 0 Å². The van der Waals surface area contributed by atoms with Gasteiger partial charge in [0.05, 0.1) is 0 Å².